The molecule has 4 rings (SSSR count). The first-order valence-corrected chi connectivity index (χ1v) is 6.77. The number of phenols is 1. The third-order valence-electron chi connectivity index (χ3n) is 3.62. The number of aromatic hydroxyl groups is 1. The first-order valence-electron chi connectivity index (χ1n) is 6.77. The van der Waals surface area contributed by atoms with Gasteiger partial charge in [0.2, 0.25) is 11.7 Å². The molecule has 0 unspecified atom stereocenters. The van der Waals surface area contributed by atoms with Crippen LogP contribution in [0.2, 0.25) is 0 Å². The Morgan fingerprint density at radius 3 is 2.90 bits per heavy atom. The Bertz CT molecular complexity index is 772. The van der Waals surface area contributed by atoms with Crippen LogP contribution in [0, 0.1) is 0 Å². The van der Waals surface area contributed by atoms with Crippen LogP contribution in [0.4, 0.5) is 5.69 Å². The number of nitrogens with one attached hydrogen (secondary N) is 1. The van der Waals surface area contributed by atoms with Gasteiger partial charge in [0.15, 0.2) is 0 Å². The van der Waals surface area contributed by atoms with E-state index in [0.29, 0.717) is 11.7 Å². The maximum absolute atomic E-state index is 9.51. The number of hydrogen-bond donors (Lipinski definition) is 2. The van der Waals surface area contributed by atoms with E-state index in [-0.39, 0.29) is 11.8 Å². The lowest BCUT2D eigenvalue weighted by atomic mass is 10.1. The number of rotatable bonds is 2. The molecule has 0 aliphatic carbocycles. The van der Waals surface area contributed by atoms with E-state index < -0.39 is 0 Å². The summed E-state index contributed by atoms with van der Waals surface area (Å²) in [5, 5.41) is 16.9. The van der Waals surface area contributed by atoms with E-state index >= 15 is 0 Å². The summed E-state index contributed by atoms with van der Waals surface area (Å²) in [6, 6.07) is 15.0. The van der Waals surface area contributed by atoms with Crippen LogP contribution in [0.1, 0.15) is 17.5 Å². The summed E-state index contributed by atoms with van der Waals surface area (Å²) in [6.07, 6.45) is 0.831. The molecule has 5 heteroatoms. The van der Waals surface area contributed by atoms with Crippen LogP contribution < -0.4 is 5.32 Å². The van der Waals surface area contributed by atoms with E-state index in [9.17, 15) is 5.11 Å². The Morgan fingerprint density at radius 1 is 1.14 bits per heavy atom. The molecular weight excluding hydrogens is 266 g/mol. The largest absolute Gasteiger partial charge is 0.508 e. The monoisotopic (exact) mass is 279 g/mol. The smallest absolute Gasteiger partial charge is 0.249 e. The summed E-state index contributed by atoms with van der Waals surface area (Å²) in [6.45, 7) is 0. The van der Waals surface area contributed by atoms with Gasteiger partial charge in [0.25, 0.3) is 0 Å². The molecule has 1 aliphatic heterocycles. The van der Waals surface area contributed by atoms with Crippen LogP contribution in [-0.4, -0.2) is 15.2 Å². The zero-order valence-electron chi connectivity index (χ0n) is 11.2. The number of aromatic nitrogens is 2. The van der Waals surface area contributed by atoms with Crippen molar-refractivity contribution >= 4 is 5.69 Å². The Kier molecular flexibility index (Phi) is 2.64. The number of anilines is 1. The number of fused-ring (bicyclic) bond motifs is 1. The molecular formula is C16H13N3O2. The van der Waals surface area contributed by atoms with Gasteiger partial charge in [-0.3, -0.25) is 0 Å². The molecule has 2 aromatic carbocycles. The fraction of sp³-hybridized carbons (Fsp3) is 0.125. The average molecular weight is 279 g/mol. The summed E-state index contributed by atoms with van der Waals surface area (Å²) >= 11 is 0. The van der Waals surface area contributed by atoms with Crippen molar-refractivity contribution in [1.29, 1.82) is 0 Å². The van der Waals surface area contributed by atoms with Crippen LogP contribution in [0.25, 0.3) is 11.4 Å². The number of phenolic OH excluding ortho intramolecular Hbond substituents is 1. The number of nitrogens with zero attached hydrogens (tertiary/aromatic N) is 2. The highest BCUT2D eigenvalue weighted by Gasteiger charge is 2.26. The standard InChI is InChI=1S/C16H13N3O2/c20-12-6-3-5-11(8-12)15-18-16(21-19-15)14-9-10-4-1-2-7-13(10)17-14/h1-8,14,17,20H,9H2/t14-/m0/s1. The lowest BCUT2D eigenvalue weighted by Gasteiger charge is -2.04. The normalized spacial score (nSPS) is 16.5. The highest BCUT2D eigenvalue weighted by atomic mass is 16.5. The van der Waals surface area contributed by atoms with Gasteiger partial charge in [-0.05, 0) is 23.8 Å². The quantitative estimate of drug-likeness (QED) is 0.754. The Labute approximate surface area is 121 Å². The van der Waals surface area contributed by atoms with Crippen molar-refractivity contribution in [2.45, 2.75) is 12.5 Å². The van der Waals surface area contributed by atoms with Crippen LogP contribution in [0.15, 0.2) is 53.1 Å². The fourth-order valence-corrected chi connectivity index (χ4v) is 2.59. The third-order valence-corrected chi connectivity index (χ3v) is 3.62. The Balaban J connectivity index is 1.62. The minimum Gasteiger partial charge on any atom is -0.508 e. The molecule has 2 N–H and O–H groups in total. The van der Waals surface area contributed by atoms with E-state index in [1.165, 1.54) is 5.56 Å². The van der Waals surface area contributed by atoms with Gasteiger partial charge in [0.05, 0.1) is 0 Å². The first-order chi connectivity index (χ1) is 10.3. The van der Waals surface area contributed by atoms with Gasteiger partial charge in [-0.25, -0.2) is 0 Å². The average Bonchev–Trinajstić information content (AvgIpc) is 3.14. The van der Waals surface area contributed by atoms with Crippen molar-refractivity contribution < 1.29 is 9.63 Å². The van der Waals surface area contributed by atoms with Gasteiger partial charge in [-0.15, -0.1) is 0 Å². The van der Waals surface area contributed by atoms with Crippen LogP contribution in [0.5, 0.6) is 5.75 Å². The van der Waals surface area contributed by atoms with Gasteiger partial charge in [0, 0.05) is 17.7 Å². The molecule has 21 heavy (non-hydrogen) atoms. The predicted octanol–water partition coefficient (Wildman–Crippen LogP) is 3.15. The van der Waals surface area contributed by atoms with Crippen molar-refractivity contribution in [2.75, 3.05) is 5.32 Å². The van der Waals surface area contributed by atoms with Gasteiger partial charge >= 0.3 is 0 Å². The molecule has 0 fully saturated rings. The zero-order valence-corrected chi connectivity index (χ0v) is 11.2. The lowest BCUT2D eigenvalue weighted by molar-refractivity contribution is 0.364. The van der Waals surface area contributed by atoms with Crippen LogP contribution >= 0.6 is 0 Å². The van der Waals surface area contributed by atoms with E-state index in [1.54, 1.807) is 18.2 Å². The highest BCUT2D eigenvalue weighted by molar-refractivity contribution is 5.59. The SMILES string of the molecule is Oc1cccc(-c2noc([C@@H]3Cc4ccccc4N3)n2)c1. The molecule has 1 atom stereocenters. The number of benzene rings is 2. The molecule has 0 saturated carbocycles. The second-order valence-electron chi connectivity index (χ2n) is 5.06. The fourth-order valence-electron chi connectivity index (χ4n) is 2.59. The van der Waals surface area contributed by atoms with E-state index in [1.807, 2.05) is 24.3 Å². The van der Waals surface area contributed by atoms with E-state index in [0.717, 1.165) is 17.7 Å². The molecule has 1 aliphatic rings. The summed E-state index contributed by atoms with van der Waals surface area (Å²) < 4.78 is 5.37. The van der Waals surface area contributed by atoms with Gasteiger partial charge in [-0.2, -0.15) is 4.98 Å². The number of para-hydroxylation sites is 1. The maximum atomic E-state index is 9.51. The van der Waals surface area contributed by atoms with Gasteiger partial charge < -0.3 is 14.9 Å². The second-order valence-corrected chi connectivity index (χ2v) is 5.06. The van der Waals surface area contributed by atoms with Crippen molar-refractivity contribution in [3.8, 4) is 17.1 Å². The highest BCUT2D eigenvalue weighted by Crippen LogP contribution is 2.33. The topological polar surface area (TPSA) is 71.2 Å². The molecule has 3 aromatic rings. The Hall–Kier alpha value is -2.82. The van der Waals surface area contributed by atoms with E-state index in [2.05, 4.69) is 21.5 Å². The zero-order chi connectivity index (χ0) is 14.2. The molecule has 0 radical (unpaired) electrons. The van der Waals surface area contributed by atoms with Gasteiger partial charge in [0.1, 0.15) is 11.8 Å². The lowest BCUT2D eigenvalue weighted by Crippen LogP contribution is -2.05. The molecule has 5 nitrogen and oxygen atoms in total. The molecule has 104 valence electrons. The summed E-state index contributed by atoms with van der Waals surface area (Å²) in [7, 11) is 0. The van der Waals surface area contributed by atoms with E-state index in [4.69, 9.17) is 4.52 Å². The molecule has 0 amide bonds. The first kappa shape index (κ1) is 12.0. The predicted molar refractivity (Wildman–Crippen MR) is 77.9 cm³/mol. The van der Waals surface area contributed by atoms with Crippen molar-refractivity contribution in [3.63, 3.8) is 0 Å². The van der Waals surface area contributed by atoms with Crippen molar-refractivity contribution in [2.24, 2.45) is 0 Å². The minimum atomic E-state index is 0.000888. The summed E-state index contributed by atoms with van der Waals surface area (Å²) in [5.41, 5.74) is 3.10. The van der Waals surface area contributed by atoms with Crippen LogP contribution in [-0.2, 0) is 6.42 Å². The van der Waals surface area contributed by atoms with Crippen LogP contribution in [0.3, 0.4) is 0 Å². The molecule has 0 bridgehead atoms. The third kappa shape index (κ3) is 2.12. The summed E-state index contributed by atoms with van der Waals surface area (Å²) in [4.78, 5) is 4.44. The molecule has 2 heterocycles. The second kappa shape index (κ2) is 4.63. The molecule has 0 saturated heterocycles. The maximum Gasteiger partial charge on any atom is 0.249 e. The Morgan fingerprint density at radius 2 is 2.05 bits per heavy atom. The minimum absolute atomic E-state index is 0.000888. The summed E-state index contributed by atoms with van der Waals surface area (Å²) in [5.74, 6) is 1.23. The number of hydrogen-bond acceptors (Lipinski definition) is 5. The molecule has 1 aromatic heterocycles. The van der Waals surface area contributed by atoms with Crippen molar-refractivity contribution in [1.82, 2.24) is 10.1 Å². The van der Waals surface area contributed by atoms with Crippen molar-refractivity contribution in [3.05, 3.63) is 60.0 Å². The van der Waals surface area contributed by atoms with Gasteiger partial charge in [-0.1, -0.05) is 35.5 Å². The molecule has 0 spiro atoms.